The summed E-state index contributed by atoms with van der Waals surface area (Å²) in [5, 5.41) is 4.16. The van der Waals surface area contributed by atoms with Crippen molar-refractivity contribution >= 4 is 17.7 Å². The van der Waals surface area contributed by atoms with Crippen LogP contribution in [0.1, 0.15) is 37.3 Å². The minimum absolute atomic E-state index is 0.0832. The quantitative estimate of drug-likeness (QED) is 0.606. The molecule has 0 radical (unpaired) electrons. The van der Waals surface area contributed by atoms with E-state index in [-0.39, 0.29) is 19.1 Å². The molecule has 1 saturated carbocycles. The first-order chi connectivity index (χ1) is 12.0. The number of oxime groups is 1. The number of esters is 2. The van der Waals surface area contributed by atoms with E-state index < -0.39 is 23.3 Å². The van der Waals surface area contributed by atoms with Crippen molar-refractivity contribution in [3.63, 3.8) is 0 Å². The highest BCUT2D eigenvalue weighted by Crippen LogP contribution is 2.53. The van der Waals surface area contributed by atoms with Crippen molar-refractivity contribution in [2.75, 3.05) is 19.8 Å². The zero-order valence-electron chi connectivity index (χ0n) is 14.8. The summed E-state index contributed by atoms with van der Waals surface area (Å²) in [5.74, 6) is -1.70. The van der Waals surface area contributed by atoms with E-state index in [4.69, 9.17) is 14.3 Å². The first-order valence-corrected chi connectivity index (χ1v) is 8.65. The van der Waals surface area contributed by atoms with Crippen molar-refractivity contribution in [2.45, 2.75) is 33.1 Å². The van der Waals surface area contributed by atoms with Crippen molar-refractivity contribution in [2.24, 2.45) is 16.5 Å². The number of hydrogen-bond donors (Lipinski definition) is 0. The third-order valence-corrected chi connectivity index (χ3v) is 4.91. The minimum atomic E-state index is -1.41. The molecule has 6 nitrogen and oxygen atoms in total. The lowest BCUT2D eigenvalue weighted by atomic mass is 9.73. The number of carbonyl (C=O) groups is 2. The molecule has 1 aromatic rings. The Balaban J connectivity index is 2.14. The average molecular weight is 345 g/mol. The van der Waals surface area contributed by atoms with Crippen LogP contribution >= 0.6 is 0 Å². The molecule has 0 bridgehead atoms. The van der Waals surface area contributed by atoms with E-state index in [1.807, 2.05) is 31.2 Å². The second kappa shape index (κ2) is 6.86. The van der Waals surface area contributed by atoms with Crippen LogP contribution in [-0.2, 0) is 23.9 Å². The van der Waals surface area contributed by atoms with Crippen LogP contribution in [0.25, 0.3) is 0 Å². The van der Waals surface area contributed by atoms with Gasteiger partial charge in [0, 0.05) is 5.92 Å². The highest BCUT2D eigenvalue weighted by molar-refractivity contribution is 6.12. The van der Waals surface area contributed by atoms with E-state index in [9.17, 15) is 9.59 Å². The maximum atomic E-state index is 12.9. The second-order valence-corrected chi connectivity index (χ2v) is 6.47. The Morgan fingerprint density at radius 2 is 1.76 bits per heavy atom. The topological polar surface area (TPSA) is 74.2 Å². The number of carbonyl (C=O) groups excluding carboxylic acids is 2. The highest BCUT2D eigenvalue weighted by atomic mass is 16.6. The van der Waals surface area contributed by atoms with Crippen molar-refractivity contribution in [1.82, 2.24) is 0 Å². The van der Waals surface area contributed by atoms with Crippen LogP contribution in [0, 0.1) is 18.3 Å². The van der Waals surface area contributed by atoms with Crippen molar-refractivity contribution < 1.29 is 23.9 Å². The molecule has 0 aromatic heterocycles. The van der Waals surface area contributed by atoms with Gasteiger partial charge in [0.1, 0.15) is 6.61 Å². The summed E-state index contributed by atoms with van der Waals surface area (Å²) >= 11 is 0. The van der Waals surface area contributed by atoms with Gasteiger partial charge in [-0.15, -0.1) is 0 Å². The van der Waals surface area contributed by atoms with E-state index >= 15 is 0 Å². The predicted octanol–water partition coefficient (Wildman–Crippen LogP) is 2.60. The summed E-state index contributed by atoms with van der Waals surface area (Å²) < 4.78 is 10.6. The molecule has 1 aliphatic heterocycles. The average Bonchev–Trinajstić information content (AvgIpc) is 3.15. The Labute approximate surface area is 147 Å². The van der Waals surface area contributed by atoms with E-state index in [2.05, 4.69) is 5.16 Å². The van der Waals surface area contributed by atoms with E-state index in [0.717, 1.165) is 16.8 Å². The van der Waals surface area contributed by atoms with Crippen LogP contribution in [0.4, 0.5) is 0 Å². The number of hydrogen-bond acceptors (Lipinski definition) is 6. The summed E-state index contributed by atoms with van der Waals surface area (Å²) in [6.07, 6.45) is 0.294. The van der Waals surface area contributed by atoms with Crippen LogP contribution in [0.2, 0.25) is 0 Å². The molecule has 6 heteroatoms. The van der Waals surface area contributed by atoms with Gasteiger partial charge >= 0.3 is 11.9 Å². The maximum absolute atomic E-state index is 12.9. The van der Waals surface area contributed by atoms with Gasteiger partial charge in [0.15, 0.2) is 5.41 Å². The van der Waals surface area contributed by atoms with Gasteiger partial charge in [0.2, 0.25) is 0 Å². The highest BCUT2D eigenvalue weighted by Gasteiger charge is 2.65. The largest absolute Gasteiger partial charge is 0.465 e. The van der Waals surface area contributed by atoms with Crippen LogP contribution in [0.3, 0.4) is 0 Å². The molecular formula is C19H23NO5. The summed E-state index contributed by atoms with van der Waals surface area (Å²) in [7, 11) is 0. The first kappa shape index (κ1) is 17.5. The van der Waals surface area contributed by atoms with Gasteiger partial charge in [-0.3, -0.25) is 9.59 Å². The molecular weight excluding hydrogens is 322 g/mol. The molecule has 3 rings (SSSR count). The molecule has 1 aromatic carbocycles. The number of nitrogens with zero attached hydrogens (tertiary/aromatic N) is 1. The monoisotopic (exact) mass is 345 g/mol. The number of benzene rings is 1. The number of aryl methyl sites for hydroxylation is 1. The Kier molecular flexibility index (Phi) is 4.79. The van der Waals surface area contributed by atoms with Gasteiger partial charge in [0.25, 0.3) is 0 Å². The van der Waals surface area contributed by atoms with Gasteiger partial charge in [-0.25, -0.2) is 0 Å². The Bertz CT molecular complexity index is 676. The van der Waals surface area contributed by atoms with Gasteiger partial charge in [-0.1, -0.05) is 35.0 Å². The third kappa shape index (κ3) is 2.79. The van der Waals surface area contributed by atoms with Crippen LogP contribution in [0.5, 0.6) is 0 Å². The van der Waals surface area contributed by atoms with E-state index in [0.29, 0.717) is 13.0 Å². The van der Waals surface area contributed by atoms with Gasteiger partial charge in [-0.2, -0.15) is 0 Å². The molecule has 134 valence electrons. The summed E-state index contributed by atoms with van der Waals surface area (Å²) in [6, 6.07) is 7.77. The smallest absolute Gasteiger partial charge is 0.324 e. The van der Waals surface area contributed by atoms with Crippen molar-refractivity contribution in [3.05, 3.63) is 35.4 Å². The summed E-state index contributed by atoms with van der Waals surface area (Å²) in [5.41, 5.74) is 1.26. The lowest BCUT2D eigenvalue weighted by Crippen LogP contribution is -2.45. The van der Waals surface area contributed by atoms with Crippen molar-refractivity contribution in [1.29, 1.82) is 0 Å². The Morgan fingerprint density at radius 3 is 2.32 bits per heavy atom. The lowest BCUT2D eigenvalue weighted by Gasteiger charge is -2.31. The number of ether oxygens (including phenoxy) is 2. The van der Waals surface area contributed by atoms with Crippen LogP contribution in [-0.4, -0.2) is 37.5 Å². The zero-order valence-corrected chi connectivity index (χ0v) is 14.8. The molecule has 1 aliphatic carbocycles. The van der Waals surface area contributed by atoms with Gasteiger partial charge < -0.3 is 14.3 Å². The fourth-order valence-corrected chi connectivity index (χ4v) is 3.79. The summed E-state index contributed by atoms with van der Waals surface area (Å²) in [6.45, 7) is 6.23. The molecule has 0 unspecified atom stereocenters. The Hall–Kier alpha value is -2.37. The molecule has 1 heterocycles. The normalized spacial score (nSPS) is 23.4. The standard InChI is InChI=1S/C19H23NO5/c1-4-23-17(21)19(18(22)24-5-2)10-14-11-25-20-16(14)15(19)13-8-6-12(3)7-9-13/h6-9,14-15H,4-5,10-11H2,1-3H3/t14-,15-/m1/s1. The zero-order chi connectivity index (χ0) is 18.0. The Morgan fingerprint density at radius 1 is 1.16 bits per heavy atom. The molecule has 1 fully saturated rings. The van der Waals surface area contributed by atoms with E-state index in [1.54, 1.807) is 13.8 Å². The summed E-state index contributed by atoms with van der Waals surface area (Å²) in [4.78, 5) is 31.1. The van der Waals surface area contributed by atoms with Crippen LogP contribution in [0.15, 0.2) is 29.4 Å². The molecule has 0 spiro atoms. The molecule has 2 aliphatic rings. The van der Waals surface area contributed by atoms with Crippen molar-refractivity contribution in [3.8, 4) is 0 Å². The molecule has 0 saturated heterocycles. The molecule has 2 atom stereocenters. The fourth-order valence-electron chi connectivity index (χ4n) is 3.79. The first-order valence-electron chi connectivity index (χ1n) is 8.65. The second-order valence-electron chi connectivity index (χ2n) is 6.47. The third-order valence-electron chi connectivity index (χ3n) is 4.91. The molecule has 0 amide bonds. The maximum Gasteiger partial charge on any atom is 0.324 e. The van der Waals surface area contributed by atoms with Gasteiger partial charge in [-0.05, 0) is 32.8 Å². The number of rotatable bonds is 5. The fraction of sp³-hybridized carbons (Fsp3) is 0.526. The van der Waals surface area contributed by atoms with Crippen LogP contribution < -0.4 is 0 Å². The van der Waals surface area contributed by atoms with Gasteiger partial charge in [0.05, 0.1) is 24.8 Å². The SMILES string of the molecule is CCOC(=O)C1(C(=O)OCC)C[C@@H]2CON=C2[C@H]1c1ccc(C)cc1. The molecule has 0 N–H and O–H groups in total. The predicted molar refractivity (Wildman–Crippen MR) is 91.1 cm³/mol. The number of fused-ring (bicyclic) bond motifs is 1. The van der Waals surface area contributed by atoms with E-state index in [1.165, 1.54) is 0 Å². The lowest BCUT2D eigenvalue weighted by molar-refractivity contribution is -0.173. The molecule has 25 heavy (non-hydrogen) atoms. The minimum Gasteiger partial charge on any atom is -0.465 e.